The Kier molecular flexibility index (Phi) is 7.37. The van der Waals surface area contributed by atoms with Crippen molar-refractivity contribution in [1.82, 2.24) is 5.32 Å². The molecule has 3 N–H and O–H groups in total. The maximum atomic E-state index is 12.3. The number of carbonyl (C=O) groups excluding carboxylic acids is 1. The minimum Gasteiger partial charge on any atom is -0.355 e. The van der Waals surface area contributed by atoms with E-state index in [9.17, 15) is 4.79 Å². The molecule has 3 nitrogen and oxygen atoms in total. The molecule has 1 aromatic rings. The number of benzene rings is 1. The predicted molar refractivity (Wildman–Crippen MR) is 94.3 cm³/mol. The summed E-state index contributed by atoms with van der Waals surface area (Å²) >= 11 is 0. The van der Waals surface area contributed by atoms with Gasteiger partial charge in [0.1, 0.15) is 0 Å². The first-order valence-electron chi connectivity index (χ1n) is 8.20. The molecule has 0 radical (unpaired) electrons. The SMILES string of the molecule is CCC(CC)(CNC(=O)C1CCC(N)C1)c1ccccc1.Cl. The molecule has 2 atom stereocenters. The molecule has 0 spiro atoms. The number of amides is 1. The maximum absolute atomic E-state index is 12.3. The van der Waals surface area contributed by atoms with E-state index >= 15 is 0 Å². The minimum absolute atomic E-state index is 0. The Morgan fingerprint density at radius 2 is 1.86 bits per heavy atom. The normalized spacial score (nSPS) is 21.2. The zero-order valence-corrected chi connectivity index (χ0v) is 14.5. The van der Waals surface area contributed by atoms with Crippen LogP contribution in [0.25, 0.3) is 0 Å². The fourth-order valence-corrected chi connectivity index (χ4v) is 3.46. The first-order chi connectivity index (χ1) is 10.1. The number of halogens is 1. The molecule has 1 aromatic carbocycles. The summed E-state index contributed by atoms with van der Waals surface area (Å²) in [7, 11) is 0. The van der Waals surface area contributed by atoms with Gasteiger partial charge < -0.3 is 11.1 Å². The van der Waals surface area contributed by atoms with Gasteiger partial charge in [-0.1, -0.05) is 44.2 Å². The van der Waals surface area contributed by atoms with Crippen molar-refractivity contribution in [3.8, 4) is 0 Å². The van der Waals surface area contributed by atoms with Crippen molar-refractivity contribution in [2.45, 2.75) is 57.4 Å². The van der Waals surface area contributed by atoms with Gasteiger partial charge in [0.05, 0.1) is 0 Å². The summed E-state index contributed by atoms with van der Waals surface area (Å²) in [4.78, 5) is 12.3. The van der Waals surface area contributed by atoms with Gasteiger partial charge in [-0.3, -0.25) is 4.79 Å². The van der Waals surface area contributed by atoms with Crippen molar-refractivity contribution >= 4 is 18.3 Å². The molecule has 1 saturated carbocycles. The Labute approximate surface area is 140 Å². The lowest BCUT2D eigenvalue weighted by molar-refractivity contribution is -0.125. The molecule has 0 heterocycles. The van der Waals surface area contributed by atoms with E-state index in [1.54, 1.807) is 0 Å². The van der Waals surface area contributed by atoms with Crippen molar-refractivity contribution in [3.05, 3.63) is 35.9 Å². The van der Waals surface area contributed by atoms with Crippen LogP contribution in [0.2, 0.25) is 0 Å². The van der Waals surface area contributed by atoms with Gasteiger partial charge >= 0.3 is 0 Å². The molecule has 1 aliphatic rings. The average Bonchev–Trinajstić information content (AvgIpc) is 2.96. The third kappa shape index (κ3) is 4.23. The van der Waals surface area contributed by atoms with Crippen molar-refractivity contribution < 1.29 is 4.79 Å². The van der Waals surface area contributed by atoms with E-state index in [2.05, 4.69) is 43.4 Å². The number of carbonyl (C=O) groups is 1. The van der Waals surface area contributed by atoms with Crippen LogP contribution in [-0.4, -0.2) is 18.5 Å². The van der Waals surface area contributed by atoms with Gasteiger partial charge in [-0.25, -0.2) is 0 Å². The smallest absolute Gasteiger partial charge is 0.223 e. The molecule has 4 heteroatoms. The Morgan fingerprint density at radius 1 is 1.23 bits per heavy atom. The summed E-state index contributed by atoms with van der Waals surface area (Å²) in [6.45, 7) is 5.12. The van der Waals surface area contributed by atoms with E-state index in [1.807, 2.05) is 6.07 Å². The summed E-state index contributed by atoms with van der Waals surface area (Å²) in [6.07, 6.45) is 4.80. The van der Waals surface area contributed by atoms with Crippen LogP contribution in [0.15, 0.2) is 30.3 Å². The molecule has 1 amide bonds. The summed E-state index contributed by atoms with van der Waals surface area (Å²) in [5, 5.41) is 3.19. The number of hydrogen-bond acceptors (Lipinski definition) is 2. The van der Waals surface area contributed by atoms with Crippen LogP contribution >= 0.6 is 12.4 Å². The van der Waals surface area contributed by atoms with Crippen molar-refractivity contribution in [2.24, 2.45) is 11.7 Å². The summed E-state index contributed by atoms with van der Waals surface area (Å²) in [5.41, 5.74) is 7.27. The van der Waals surface area contributed by atoms with E-state index in [-0.39, 0.29) is 35.7 Å². The van der Waals surface area contributed by atoms with E-state index in [0.717, 1.165) is 32.1 Å². The lowest BCUT2D eigenvalue weighted by atomic mass is 9.75. The van der Waals surface area contributed by atoms with Gasteiger partial charge in [0.15, 0.2) is 0 Å². The van der Waals surface area contributed by atoms with Gasteiger partial charge in [0, 0.05) is 23.9 Å². The van der Waals surface area contributed by atoms with Crippen LogP contribution in [0.1, 0.15) is 51.5 Å². The molecular formula is C18H29ClN2O. The second kappa shape index (κ2) is 8.54. The molecule has 2 unspecified atom stereocenters. The van der Waals surface area contributed by atoms with Crippen LogP contribution in [-0.2, 0) is 10.2 Å². The molecule has 22 heavy (non-hydrogen) atoms. The van der Waals surface area contributed by atoms with E-state index in [1.165, 1.54) is 5.56 Å². The summed E-state index contributed by atoms with van der Waals surface area (Å²) in [5.74, 6) is 0.298. The Balaban J connectivity index is 0.00000242. The van der Waals surface area contributed by atoms with Crippen LogP contribution in [0, 0.1) is 5.92 Å². The second-order valence-electron chi connectivity index (χ2n) is 6.34. The molecule has 124 valence electrons. The fraction of sp³-hybridized carbons (Fsp3) is 0.611. The van der Waals surface area contributed by atoms with E-state index in [0.29, 0.717) is 6.54 Å². The van der Waals surface area contributed by atoms with Crippen LogP contribution in [0.5, 0.6) is 0 Å². The Hall–Kier alpha value is -1.06. The van der Waals surface area contributed by atoms with Crippen LogP contribution in [0.3, 0.4) is 0 Å². The molecule has 0 aromatic heterocycles. The minimum atomic E-state index is 0. The van der Waals surface area contributed by atoms with E-state index in [4.69, 9.17) is 5.73 Å². The molecule has 0 bridgehead atoms. The lowest BCUT2D eigenvalue weighted by Crippen LogP contribution is -2.42. The molecular weight excluding hydrogens is 296 g/mol. The quantitative estimate of drug-likeness (QED) is 0.842. The topological polar surface area (TPSA) is 55.1 Å². The van der Waals surface area contributed by atoms with Crippen LogP contribution < -0.4 is 11.1 Å². The largest absolute Gasteiger partial charge is 0.355 e. The second-order valence-corrected chi connectivity index (χ2v) is 6.34. The van der Waals surface area contributed by atoms with Gasteiger partial charge in [-0.05, 0) is 37.7 Å². The first kappa shape index (κ1) is 19.0. The number of rotatable bonds is 6. The number of hydrogen-bond donors (Lipinski definition) is 2. The zero-order chi connectivity index (χ0) is 15.3. The fourth-order valence-electron chi connectivity index (χ4n) is 3.46. The molecule has 1 fully saturated rings. The summed E-state index contributed by atoms with van der Waals surface area (Å²) < 4.78 is 0. The van der Waals surface area contributed by atoms with E-state index < -0.39 is 0 Å². The van der Waals surface area contributed by atoms with Gasteiger partial charge in [-0.15, -0.1) is 12.4 Å². The monoisotopic (exact) mass is 324 g/mol. The Morgan fingerprint density at radius 3 is 2.36 bits per heavy atom. The first-order valence-corrected chi connectivity index (χ1v) is 8.20. The number of nitrogens with one attached hydrogen (secondary N) is 1. The third-order valence-electron chi connectivity index (χ3n) is 5.18. The Bertz CT molecular complexity index is 459. The highest BCUT2D eigenvalue weighted by atomic mass is 35.5. The third-order valence-corrected chi connectivity index (χ3v) is 5.18. The van der Waals surface area contributed by atoms with Crippen molar-refractivity contribution in [3.63, 3.8) is 0 Å². The van der Waals surface area contributed by atoms with Gasteiger partial charge in [0.25, 0.3) is 0 Å². The molecule has 0 saturated heterocycles. The van der Waals surface area contributed by atoms with Gasteiger partial charge in [0.2, 0.25) is 5.91 Å². The van der Waals surface area contributed by atoms with Crippen molar-refractivity contribution in [2.75, 3.05) is 6.54 Å². The molecule has 1 aliphatic carbocycles. The highest BCUT2D eigenvalue weighted by molar-refractivity contribution is 5.85. The van der Waals surface area contributed by atoms with Crippen LogP contribution in [0.4, 0.5) is 0 Å². The molecule has 0 aliphatic heterocycles. The average molecular weight is 325 g/mol. The predicted octanol–water partition coefficient (Wildman–Crippen LogP) is 3.41. The van der Waals surface area contributed by atoms with Crippen molar-refractivity contribution in [1.29, 1.82) is 0 Å². The molecule has 2 rings (SSSR count). The highest BCUT2D eigenvalue weighted by Gasteiger charge is 2.32. The number of nitrogens with two attached hydrogens (primary N) is 1. The highest BCUT2D eigenvalue weighted by Crippen LogP contribution is 2.31. The zero-order valence-electron chi connectivity index (χ0n) is 13.7. The van der Waals surface area contributed by atoms with Gasteiger partial charge in [-0.2, -0.15) is 0 Å². The lowest BCUT2D eigenvalue weighted by Gasteiger charge is -2.33. The standard InChI is InChI=1S/C18H28N2O.ClH/c1-3-18(4-2,15-8-6-5-7-9-15)13-20-17(21)14-10-11-16(19)12-14;/h5-9,14,16H,3-4,10-13,19H2,1-2H3,(H,20,21);1H. The maximum Gasteiger partial charge on any atom is 0.223 e. The summed E-state index contributed by atoms with van der Waals surface area (Å²) in [6, 6.07) is 10.7.